The van der Waals surface area contributed by atoms with E-state index in [0.29, 0.717) is 11.3 Å². The van der Waals surface area contributed by atoms with Crippen LogP contribution in [-0.4, -0.2) is 33.2 Å². The van der Waals surface area contributed by atoms with Crippen LogP contribution >= 0.6 is 0 Å². The fourth-order valence-electron chi connectivity index (χ4n) is 2.93. The molecule has 1 amide bonds. The zero-order valence-electron chi connectivity index (χ0n) is 14.2. The molecule has 1 N–H and O–H groups in total. The number of nitrogens with one attached hydrogen (secondary N) is 1. The van der Waals surface area contributed by atoms with Crippen LogP contribution < -0.4 is 0 Å². The number of carbonyl (C=O) groups excluding carboxylic acids is 1. The molecule has 0 bridgehead atoms. The van der Waals surface area contributed by atoms with Gasteiger partial charge in [-0.25, -0.2) is 0 Å². The second kappa shape index (κ2) is 6.31. The second-order valence-corrected chi connectivity index (χ2v) is 5.88. The van der Waals surface area contributed by atoms with Crippen molar-refractivity contribution in [2.24, 2.45) is 0 Å². The number of benzene rings is 1. The van der Waals surface area contributed by atoms with Crippen molar-refractivity contribution in [1.82, 2.24) is 20.3 Å². The van der Waals surface area contributed by atoms with Crippen LogP contribution in [0, 0.1) is 13.8 Å². The molecule has 0 spiro atoms. The van der Waals surface area contributed by atoms with Crippen molar-refractivity contribution in [3.8, 4) is 11.3 Å². The SMILES string of the molecule is Cc1n[nH]c(C)c1[C@H](C)N(C)C(=O)c1conc1-c1ccccc1. The Labute approximate surface area is 140 Å². The largest absolute Gasteiger partial charge is 0.363 e. The van der Waals surface area contributed by atoms with Gasteiger partial charge in [-0.3, -0.25) is 9.89 Å². The molecule has 0 saturated carbocycles. The topological polar surface area (TPSA) is 75.0 Å². The molecule has 2 aromatic heterocycles. The summed E-state index contributed by atoms with van der Waals surface area (Å²) in [5.74, 6) is -0.136. The van der Waals surface area contributed by atoms with E-state index in [-0.39, 0.29) is 11.9 Å². The first-order chi connectivity index (χ1) is 11.5. The van der Waals surface area contributed by atoms with Gasteiger partial charge in [-0.05, 0) is 20.8 Å². The van der Waals surface area contributed by atoms with Crippen LogP contribution in [0.3, 0.4) is 0 Å². The highest BCUT2D eigenvalue weighted by molar-refractivity contribution is 5.99. The highest BCUT2D eigenvalue weighted by Gasteiger charge is 2.26. The van der Waals surface area contributed by atoms with Crippen LogP contribution in [0.15, 0.2) is 41.1 Å². The molecule has 0 radical (unpaired) electrons. The van der Waals surface area contributed by atoms with Crippen molar-refractivity contribution in [2.45, 2.75) is 26.8 Å². The monoisotopic (exact) mass is 324 g/mol. The lowest BCUT2D eigenvalue weighted by atomic mass is 10.0. The molecule has 0 aliphatic carbocycles. The smallest absolute Gasteiger partial charge is 0.259 e. The molecular formula is C18H20N4O2. The fraction of sp³-hybridized carbons (Fsp3) is 0.278. The first kappa shape index (κ1) is 16.0. The maximum atomic E-state index is 13.0. The molecule has 3 rings (SSSR count). The third kappa shape index (κ3) is 2.71. The summed E-state index contributed by atoms with van der Waals surface area (Å²) >= 11 is 0. The highest BCUT2D eigenvalue weighted by atomic mass is 16.5. The number of carbonyl (C=O) groups is 1. The molecule has 6 nitrogen and oxygen atoms in total. The number of aromatic nitrogens is 3. The zero-order chi connectivity index (χ0) is 17.3. The third-order valence-corrected chi connectivity index (χ3v) is 4.35. The first-order valence-corrected chi connectivity index (χ1v) is 7.79. The summed E-state index contributed by atoms with van der Waals surface area (Å²) in [7, 11) is 1.78. The average molecular weight is 324 g/mol. The number of nitrogens with zero attached hydrogens (tertiary/aromatic N) is 3. The van der Waals surface area contributed by atoms with E-state index < -0.39 is 0 Å². The summed E-state index contributed by atoms with van der Waals surface area (Å²) < 4.78 is 5.07. The molecule has 1 atom stereocenters. The van der Waals surface area contributed by atoms with Crippen molar-refractivity contribution in [2.75, 3.05) is 7.05 Å². The second-order valence-electron chi connectivity index (χ2n) is 5.88. The number of amides is 1. The summed E-state index contributed by atoms with van der Waals surface area (Å²) in [5.41, 5.74) is 4.76. The molecule has 0 aliphatic rings. The van der Waals surface area contributed by atoms with Gasteiger partial charge in [0.05, 0.1) is 11.7 Å². The minimum atomic E-state index is -0.136. The molecule has 2 heterocycles. The third-order valence-electron chi connectivity index (χ3n) is 4.35. The van der Waals surface area contributed by atoms with Crippen LogP contribution in [0.4, 0.5) is 0 Å². The van der Waals surface area contributed by atoms with Crippen molar-refractivity contribution >= 4 is 5.91 Å². The van der Waals surface area contributed by atoms with Crippen molar-refractivity contribution in [3.05, 3.63) is 59.1 Å². The lowest BCUT2D eigenvalue weighted by molar-refractivity contribution is 0.0742. The Morgan fingerprint density at radius 3 is 2.58 bits per heavy atom. The molecule has 0 unspecified atom stereocenters. The number of hydrogen-bond donors (Lipinski definition) is 1. The standard InChI is InChI=1S/C18H20N4O2/c1-11-16(12(2)20-19-11)13(3)22(4)18(23)15-10-24-21-17(15)14-8-6-5-7-9-14/h5-10,13H,1-4H3,(H,19,20)/t13-/m0/s1. The van der Waals surface area contributed by atoms with Crippen LogP contribution in [-0.2, 0) is 0 Å². The minimum absolute atomic E-state index is 0.116. The van der Waals surface area contributed by atoms with Gasteiger partial charge >= 0.3 is 0 Å². The van der Waals surface area contributed by atoms with Crippen LogP contribution in [0.2, 0.25) is 0 Å². The molecule has 24 heavy (non-hydrogen) atoms. The van der Waals surface area contributed by atoms with E-state index in [2.05, 4.69) is 15.4 Å². The van der Waals surface area contributed by atoms with E-state index >= 15 is 0 Å². The Morgan fingerprint density at radius 2 is 1.96 bits per heavy atom. The Bertz CT molecular complexity index is 832. The van der Waals surface area contributed by atoms with Crippen LogP contribution in [0.25, 0.3) is 11.3 Å². The van der Waals surface area contributed by atoms with E-state index in [0.717, 1.165) is 22.5 Å². The minimum Gasteiger partial charge on any atom is -0.363 e. The zero-order valence-corrected chi connectivity index (χ0v) is 14.2. The molecule has 1 aromatic carbocycles. The van der Waals surface area contributed by atoms with Gasteiger partial charge in [0.2, 0.25) is 0 Å². The number of aryl methyl sites for hydroxylation is 2. The average Bonchev–Trinajstić information content (AvgIpc) is 3.21. The summed E-state index contributed by atoms with van der Waals surface area (Å²) in [6.07, 6.45) is 1.41. The first-order valence-electron chi connectivity index (χ1n) is 7.79. The lowest BCUT2D eigenvalue weighted by Gasteiger charge is -2.25. The molecule has 0 fully saturated rings. The molecule has 0 aliphatic heterocycles. The predicted molar refractivity (Wildman–Crippen MR) is 90.5 cm³/mol. The summed E-state index contributed by atoms with van der Waals surface area (Å²) in [6.45, 7) is 5.87. The molecule has 3 aromatic rings. The molecule has 0 saturated heterocycles. The highest BCUT2D eigenvalue weighted by Crippen LogP contribution is 2.28. The van der Waals surface area contributed by atoms with Gasteiger partial charge in [-0.2, -0.15) is 5.10 Å². The van der Waals surface area contributed by atoms with E-state index in [9.17, 15) is 4.79 Å². The van der Waals surface area contributed by atoms with Gasteiger partial charge in [-0.1, -0.05) is 35.5 Å². The summed E-state index contributed by atoms with van der Waals surface area (Å²) in [4.78, 5) is 14.6. The Morgan fingerprint density at radius 1 is 1.25 bits per heavy atom. The van der Waals surface area contributed by atoms with Crippen LogP contribution in [0.5, 0.6) is 0 Å². The normalized spacial score (nSPS) is 12.2. The van der Waals surface area contributed by atoms with Crippen LogP contribution in [0.1, 0.15) is 40.3 Å². The van der Waals surface area contributed by atoms with Gasteiger partial charge in [-0.15, -0.1) is 0 Å². The fourth-order valence-corrected chi connectivity index (χ4v) is 2.93. The number of H-pyrrole nitrogens is 1. The van der Waals surface area contributed by atoms with E-state index in [1.807, 2.05) is 51.1 Å². The van der Waals surface area contributed by atoms with Gasteiger partial charge in [0.1, 0.15) is 17.5 Å². The number of hydrogen-bond acceptors (Lipinski definition) is 4. The molecule has 6 heteroatoms. The van der Waals surface area contributed by atoms with Gasteiger partial charge in [0.25, 0.3) is 5.91 Å². The lowest BCUT2D eigenvalue weighted by Crippen LogP contribution is -2.30. The van der Waals surface area contributed by atoms with E-state index in [4.69, 9.17) is 4.52 Å². The Kier molecular flexibility index (Phi) is 4.20. The maximum absolute atomic E-state index is 13.0. The van der Waals surface area contributed by atoms with E-state index in [1.54, 1.807) is 11.9 Å². The predicted octanol–water partition coefficient (Wildman–Crippen LogP) is 3.51. The van der Waals surface area contributed by atoms with Gasteiger partial charge in [0, 0.05) is 23.9 Å². The molecule has 124 valence electrons. The van der Waals surface area contributed by atoms with Gasteiger partial charge in [0.15, 0.2) is 0 Å². The Hall–Kier alpha value is -2.89. The summed E-state index contributed by atoms with van der Waals surface area (Å²) in [5, 5.41) is 11.2. The number of rotatable bonds is 4. The summed E-state index contributed by atoms with van der Waals surface area (Å²) in [6, 6.07) is 9.43. The van der Waals surface area contributed by atoms with Crippen molar-refractivity contribution < 1.29 is 9.32 Å². The number of aromatic amines is 1. The molecular weight excluding hydrogens is 304 g/mol. The van der Waals surface area contributed by atoms with Crippen molar-refractivity contribution in [3.63, 3.8) is 0 Å². The maximum Gasteiger partial charge on any atom is 0.259 e. The van der Waals surface area contributed by atoms with E-state index in [1.165, 1.54) is 6.26 Å². The van der Waals surface area contributed by atoms with Crippen molar-refractivity contribution in [1.29, 1.82) is 0 Å². The quantitative estimate of drug-likeness (QED) is 0.797. The Balaban J connectivity index is 1.92. The van der Waals surface area contributed by atoms with Gasteiger partial charge < -0.3 is 9.42 Å².